The van der Waals surface area contributed by atoms with E-state index in [2.05, 4.69) is 0 Å². The van der Waals surface area contributed by atoms with Crippen molar-refractivity contribution in [2.45, 2.75) is 119 Å². The van der Waals surface area contributed by atoms with Gasteiger partial charge in [0.25, 0.3) is 5.91 Å². The van der Waals surface area contributed by atoms with Gasteiger partial charge in [-0.3, -0.25) is 10.0 Å². The highest BCUT2D eigenvalue weighted by atomic mass is 28.4. The van der Waals surface area contributed by atoms with E-state index in [1.54, 1.807) is 13.8 Å². The number of hydroxylamine groups is 1. The number of allylic oxidation sites excluding steroid dienone is 2. The fraction of sp³-hybridized carbons (Fsp3) is 0.667. The fourth-order valence-electron chi connectivity index (χ4n) is 5.52. The van der Waals surface area contributed by atoms with E-state index in [-0.39, 0.29) is 12.4 Å². The first-order valence-corrected chi connectivity index (χ1v) is 18.8. The second-order valence-corrected chi connectivity index (χ2v) is 18.7. The van der Waals surface area contributed by atoms with Crippen LogP contribution in [0.1, 0.15) is 59.6 Å². The highest BCUT2D eigenvalue weighted by molar-refractivity contribution is 6.76. The van der Waals surface area contributed by atoms with Gasteiger partial charge in [0.15, 0.2) is 8.32 Å². The molecule has 6 nitrogen and oxygen atoms in total. The molecule has 1 amide bonds. The van der Waals surface area contributed by atoms with Crippen LogP contribution in [0, 0.1) is 5.92 Å². The Hall–Kier alpha value is -3.12. The first-order valence-electron chi connectivity index (χ1n) is 16.5. The molecule has 0 saturated heterocycles. The second-order valence-electron chi connectivity index (χ2n) is 13.7. The molecule has 0 aliphatic heterocycles. The maximum atomic E-state index is 14.9. The number of hydrogen-bond acceptors (Lipinski definition) is 5. The molecule has 0 heterocycles. The molecule has 0 aliphatic carbocycles. The molecule has 2 atom stereocenters. The van der Waals surface area contributed by atoms with Gasteiger partial charge in [-0.2, -0.15) is 74.6 Å². The van der Waals surface area contributed by atoms with Crippen LogP contribution in [0.5, 0.6) is 5.75 Å². The molecule has 0 bridgehead atoms. The Labute approximate surface area is 316 Å². The van der Waals surface area contributed by atoms with Crippen LogP contribution in [0.15, 0.2) is 48.1 Å². The number of hydrogen-bond donors (Lipinski definition) is 3. The van der Waals surface area contributed by atoms with Gasteiger partial charge in [0.2, 0.25) is 0 Å². The summed E-state index contributed by atoms with van der Waals surface area (Å²) in [6, 6.07) is 4.40. The largest absolute Gasteiger partial charge is 0.491 e. The molecule has 24 heteroatoms. The van der Waals surface area contributed by atoms with Crippen LogP contribution in [0.3, 0.4) is 0 Å². The highest BCUT2D eigenvalue weighted by Crippen LogP contribution is 2.64. The van der Waals surface area contributed by atoms with Gasteiger partial charge >= 0.3 is 47.6 Å². The zero-order valence-electron chi connectivity index (χ0n) is 30.7. The van der Waals surface area contributed by atoms with Crippen LogP contribution in [0.4, 0.5) is 74.6 Å². The third kappa shape index (κ3) is 10.0. The average molecular weight is 882 g/mol. The number of carbonyl (C=O) groups excluding carboxylic acids is 1. The summed E-state index contributed by atoms with van der Waals surface area (Å²) >= 11 is 0. The lowest BCUT2D eigenvalue weighted by Crippen LogP contribution is -2.74. The van der Waals surface area contributed by atoms with E-state index >= 15 is 0 Å². The van der Waals surface area contributed by atoms with Crippen molar-refractivity contribution in [3.63, 3.8) is 0 Å². The van der Waals surface area contributed by atoms with Gasteiger partial charge in [-0.25, -0.2) is 5.48 Å². The SMILES string of the molecule is C/C(=C\C=C\C(=O)NO)[C@@H](C)[C@H](O)c1ccc(OCCO[Si](CCC(F)(F)C(F)(F)C(F)(F)C(F)(F)C(F)(F)C(F)(F)C(F)(F)C(F)(F)F)(C(C)C)C(C)C)cc1. The number of aliphatic hydroxyl groups is 1. The third-order valence-electron chi connectivity index (χ3n) is 9.42. The Balaban J connectivity index is 3.21. The van der Waals surface area contributed by atoms with Crippen LogP contribution in [0.25, 0.3) is 0 Å². The topological polar surface area (TPSA) is 88.0 Å². The lowest BCUT2D eigenvalue weighted by atomic mass is 9.88. The molecule has 0 saturated carbocycles. The monoisotopic (exact) mass is 881 g/mol. The first kappa shape index (κ1) is 51.9. The predicted octanol–water partition coefficient (Wildman–Crippen LogP) is 10.9. The van der Waals surface area contributed by atoms with Crippen molar-refractivity contribution < 1.29 is 98.9 Å². The summed E-state index contributed by atoms with van der Waals surface area (Å²) in [5.74, 6) is -57.8. The number of nitrogens with one attached hydrogen (secondary N) is 1. The number of benzene rings is 1. The summed E-state index contributed by atoms with van der Waals surface area (Å²) in [5.41, 5.74) is 0.714. The average Bonchev–Trinajstić information content (AvgIpc) is 3.09. The standard InChI is InChI=1S/C33H40F17NO5Si/c1-18(2)57(19(3)4,56-16-15-55-23-12-10-22(11-13-23)25(53)21(6)20(5)8-7-9-24(52)51-54)17-14-26(34,35)27(36,37)28(38,39)29(40,41)30(42,43)31(44,45)32(46,47)33(48,49)50/h7-13,18-19,21,25,53-54H,14-17H2,1-6H3,(H,51,52)/b9-7+,20-8+/t21-,25+/m1/s1. The number of rotatable bonds is 21. The van der Waals surface area contributed by atoms with Gasteiger partial charge in [0.05, 0.1) is 12.7 Å². The zero-order valence-corrected chi connectivity index (χ0v) is 31.7. The number of alkyl halides is 17. The lowest BCUT2D eigenvalue weighted by Gasteiger charge is -2.44. The summed E-state index contributed by atoms with van der Waals surface area (Å²) in [5, 5.41) is 19.2. The number of ether oxygens (including phenoxy) is 1. The molecule has 1 aromatic rings. The molecule has 330 valence electrons. The Kier molecular flexibility index (Phi) is 16.4. The van der Waals surface area contributed by atoms with Gasteiger partial charge in [-0.05, 0) is 41.7 Å². The van der Waals surface area contributed by atoms with Crippen molar-refractivity contribution in [2.75, 3.05) is 13.2 Å². The molecule has 0 unspecified atom stereocenters. The quantitative estimate of drug-likeness (QED) is 0.0218. The van der Waals surface area contributed by atoms with Crippen molar-refractivity contribution in [3.8, 4) is 5.75 Å². The summed E-state index contributed by atoms with van der Waals surface area (Å²) < 4.78 is 245. The van der Waals surface area contributed by atoms with Crippen molar-refractivity contribution >= 4 is 14.2 Å². The highest BCUT2D eigenvalue weighted by Gasteiger charge is 2.95. The summed E-state index contributed by atoms with van der Waals surface area (Å²) in [7, 11) is -3.96. The van der Waals surface area contributed by atoms with Crippen LogP contribution in [-0.2, 0) is 9.22 Å². The Morgan fingerprint density at radius 2 is 1.16 bits per heavy atom. The molecule has 0 aromatic heterocycles. The maximum Gasteiger partial charge on any atom is 0.460 e. The van der Waals surface area contributed by atoms with E-state index in [4.69, 9.17) is 14.4 Å². The third-order valence-corrected chi connectivity index (χ3v) is 15.1. The van der Waals surface area contributed by atoms with Crippen molar-refractivity contribution in [1.29, 1.82) is 0 Å². The number of halogens is 17. The summed E-state index contributed by atoms with van der Waals surface area (Å²) in [6.07, 6.45) is -7.56. The van der Waals surface area contributed by atoms with Gasteiger partial charge in [0, 0.05) is 18.4 Å². The lowest BCUT2D eigenvalue weighted by molar-refractivity contribution is -0.461. The van der Waals surface area contributed by atoms with Gasteiger partial charge in [0.1, 0.15) is 12.4 Å². The normalized spacial score (nSPS) is 16.1. The molecule has 3 N–H and O–H groups in total. The molecule has 1 rings (SSSR count). The zero-order chi connectivity index (χ0) is 45.0. The molecule has 0 aliphatic rings. The number of amides is 1. The number of carbonyl (C=O) groups is 1. The fourth-order valence-corrected chi connectivity index (χ4v) is 9.99. The minimum Gasteiger partial charge on any atom is -0.491 e. The molecule has 0 spiro atoms. The Morgan fingerprint density at radius 1 is 0.719 bits per heavy atom. The smallest absolute Gasteiger partial charge is 0.460 e. The molecule has 1 aromatic carbocycles. The van der Waals surface area contributed by atoms with E-state index in [0.29, 0.717) is 11.1 Å². The first-order chi connectivity index (χ1) is 25.5. The summed E-state index contributed by atoms with van der Waals surface area (Å²) in [6.45, 7) is 7.72. The van der Waals surface area contributed by atoms with Crippen LogP contribution in [0.2, 0.25) is 17.1 Å². The van der Waals surface area contributed by atoms with Crippen LogP contribution in [-0.4, -0.2) is 85.4 Å². The van der Waals surface area contributed by atoms with Gasteiger partial charge in [-0.15, -0.1) is 0 Å². The molecule has 0 radical (unpaired) electrons. The van der Waals surface area contributed by atoms with Gasteiger partial charge in [-0.1, -0.05) is 64.5 Å². The minimum atomic E-state index is -8.69. The van der Waals surface area contributed by atoms with Crippen molar-refractivity contribution in [3.05, 3.63) is 53.6 Å². The maximum absolute atomic E-state index is 14.9. The summed E-state index contributed by atoms with van der Waals surface area (Å²) in [4.78, 5) is 11.1. The van der Waals surface area contributed by atoms with E-state index in [0.717, 1.165) is 6.08 Å². The molecule has 0 fully saturated rings. The number of aliphatic hydroxyl groups excluding tert-OH is 1. The Morgan fingerprint density at radius 3 is 1.58 bits per heavy atom. The van der Waals surface area contributed by atoms with Crippen LogP contribution >= 0.6 is 0 Å². The van der Waals surface area contributed by atoms with E-state index in [1.165, 1.54) is 69.6 Å². The van der Waals surface area contributed by atoms with E-state index in [1.807, 2.05) is 0 Å². The Bertz CT molecular complexity index is 1540. The van der Waals surface area contributed by atoms with Crippen LogP contribution < -0.4 is 10.2 Å². The molecular weight excluding hydrogens is 841 g/mol. The second kappa shape index (κ2) is 18.0. The molecular formula is C33H40F17NO5Si. The van der Waals surface area contributed by atoms with E-state index in [9.17, 15) is 84.5 Å². The predicted molar refractivity (Wildman–Crippen MR) is 171 cm³/mol. The van der Waals surface area contributed by atoms with Gasteiger partial charge < -0.3 is 14.3 Å². The minimum absolute atomic E-state index is 0.151. The molecule has 57 heavy (non-hydrogen) atoms. The van der Waals surface area contributed by atoms with E-state index < -0.39 is 104 Å². The van der Waals surface area contributed by atoms with Crippen molar-refractivity contribution in [1.82, 2.24) is 5.48 Å². The van der Waals surface area contributed by atoms with Crippen molar-refractivity contribution in [2.24, 2.45) is 5.92 Å².